The van der Waals surface area contributed by atoms with Gasteiger partial charge in [0.25, 0.3) is 17.2 Å². The minimum absolute atomic E-state index is 0.0860. The van der Waals surface area contributed by atoms with Crippen LogP contribution in [0.3, 0.4) is 0 Å². The number of nitrogens with zero attached hydrogens (tertiary/aromatic N) is 3. The molecule has 3 rings (SSSR count). The Morgan fingerprint density at radius 1 is 1.24 bits per heavy atom. The van der Waals surface area contributed by atoms with E-state index >= 15 is 0 Å². The topological polar surface area (TPSA) is 119 Å². The van der Waals surface area contributed by atoms with Crippen LogP contribution in [0.1, 0.15) is 22.8 Å². The second-order valence-corrected chi connectivity index (χ2v) is 8.82. The third-order valence-electron chi connectivity index (χ3n) is 4.55. The van der Waals surface area contributed by atoms with Crippen molar-refractivity contribution in [3.8, 4) is 0 Å². The Morgan fingerprint density at radius 2 is 2.03 bits per heavy atom. The van der Waals surface area contributed by atoms with Gasteiger partial charge in [0.2, 0.25) is 5.13 Å². The summed E-state index contributed by atoms with van der Waals surface area (Å²) in [4.78, 5) is 16.5. The zero-order valence-electron chi connectivity index (χ0n) is 17.8. The smallest absolute Gasteiger partial charge is 0.268 e. The molecule has 2 aromatic carbocycles. The predicted molar refractivity (Wildman–Crippen MR) is 129 cm³/mol. The molecule has 0 aliphatic heterocycles. The number of aromatic nitrogens is 2. The van der Waals surface area contributed by atoms with E-state index in [0.717, 1.165) is 36.5 Å². The van der Waals surface area contributed by atoms with Gasteiger partial charge < -0.3 is 16.0 Å². The van der Waals surface area contributed by atoms with Crippen LogP contribution in [0, 0.1) is 11.6 Å². The highest BCUT2D eigenvalue weighted by Crippen LogP contribution is 2.31. The Kier molecular flexibility index (Phi) is 9.24. The third kappa shape index (κ3) is 6.45. The maximum absolute atomic E-state index is 14.7. The molecule has 0 saturated heterocycles. The fourth-order valence-electron chi connectivity index (χ4n) is 2.97. The van der Waals surface area contributed by atoms with Crippen LogP contribution < -0.4 is 20.3 Å². The molecular weight excluding hydrogens is 510 g/mol. The van der Waals surface area contributed by atoms with Gasteiger partial charge in [-0.05, 0) is 30.8 Å². The minimum atomic E-state index is -2.71. The molecule has 1 unspecified atom stereocenters. The molecule has 0 saturated carbocycles. The largest absolute Gasteiger partial charge is 0.383 e. The van der Waals surface area contributed by atoms with Crippen LogP contribution in [0.15, 0.2) is 36.7 Å². The number of benzene rings is 2. The van der Waals surface area contributed by atoms with Crippen molar-refractivity contribution < 1.29 is 22.3 Å². The molecule has 0 aliphatic rings. The number of halogens is 3. The van der Waals surface area contributed by atoms with E-state index < -0.39 is 34.5 Å². The molecule has 0 aliphatic carbocycles. The summed E-state index contributed by atoms with van der Waals surface area (Å²) in [7, 11) is 0. The van der Waals surface area contributed by atoms with Crippen LogP contribution in [0.5, 0.6) is 0 Å². The summed E-state index contributed by atoms with van der Waals surface area (Å²) in [5.74, 6) is -2.37. The van der Waals surface area contributed by atoms with Crippen molar-refractivity contribution in [2.75, 3.05) is 29.3 Å². The molecule has 4 N–H and O–H groups in total. The van der Waals surface area contributed by atoms with E-state index in [1.165, 1.54) is 6.07 Å². The van der Waals surface area contributed by atoms with E-state index in [1.807, 2.05) is 6.92 Å². The maximum Gasteiger partial charge on any atom is 0.268 e. The second-order valence-electron chi connectivity index (χ2n) is 6.80. The van der Waals surface area contributed by atoms with Crippen LogP contribution in [-0.4, -0.2) is 43.7 Å². The third-order valence-corrected chi connectivity index (χ3v) is 6.23. The molecule has 9 nitrogen and oxygen atoms in total. The number of nitrogens with one attached hydrogen (secondary N) is 3. The van der Waals surface area contributed by atoms with Gasteiger partial charge in [-0.25, -0.2) is 22.3 Å². The van der Waals surface area contributed by atoms with Crippen LogP contribution in [0.4, 0.5) is 25.3 Å². The lowest BCUT2D eigenvalue weighted by Gasteiger charge is -2.18. The van der Waals surface area contributed by atoms with Crippen molar-refractivity contribution in [3.05, 3.63) is 64.4 Å². The second kappa shape index (κ2) is 12.1. The highest BCUT2D eigenvalue weighted by molar-refractivity contribution is 7.81. The van der Waals surface area contributed by atoms with Crippen LogP contribution in [0.25, 0.3) is 0 Å². The molecule has 0 spiro atoms. The van der Waals surface area contributed by atoms with Crippen LogP contribution >= 0.6 is 23.1 Å². The molecule has 0 fully saturated rings. The molecule has 182 valence electrons. The summed E-state index contributed by atoms with van der Waals surface area (Å²) in [6.07, 6.45) is 1.12. The van der Waals surface area contributed by atoms with E-state index in [9.17, 15) is 22.3 Å². The van der Waals surface area contributed by atoms with Gasteiger partial charge in [0.05, 0.1) is 11.3 Å². The fraction of sp³-hybridized carbons (Fsp3) is 0.250. The molecule has 1 aromatic heterocycles. The Morgan fingerprint density at radius 3 is 2.71 bits per heavy atom. The van der Waals surface area contributed by atoms with Gasteiger partial charge in [0, 0.05) is 53.5 Å². The molecule has 14 heteroatoms. The van der Waals surface area contributed by atoms with Gasteiger partial charge in [-0.3, -0.25) is 9.35 Å². The number of rotatable bonds is 11. The SMILES string of the molecule is CCNCCNc1cc(Cl)ccc1C(=O)NCc1cc(F)c(N(c2ncns2)S(=O)O)cc1F. The van der Waals surface area contributed by atoms with Crippen LogP contribution in [0.2, 0.25) is 5.02 Å². The normalized spacial score (nSPS) is 11.8. The van der Waals surface area contributed by atoms with E-state index in [0.29, 0.717) is 28.1 Å². The van der Waals surface area contributed by atoms with E-state index in [2.05, 4.69) is 25.3 Å². The van der Waals surface area contributed by atoms with Crippen molar-refractivity contribution in [3.63, 3.8) is 0 Å². The van der Waals surface area contributed by atoms with Gasteiger partial charge in [-0.1, -0.05) is 18.5 Å². The number of anilines is 3. The molecular formula is C20H21ClF2N6O3S2. The molecule has 0 radical (unpaired) electrons. The molecule has 3 aromatic rings. The first-order valence-corrected chi connectivity index (χ1v) is 12.2. The van der Waals surface area contributed by atoms with E-state index in [4.69, 9.17) is 11.6 Å². The summed E-state index contributed by atoms with van der Waals surface area (Å²) in [6.45, 7) is 3.69. The minimum Gasteiger partial charge on any atom is -0.383 e. The average molecular weight is 531 g/mol. The summed E-state index contributed by atoms with van der Waals surface area (Å²) < 4.78 is 55.0. The molecule has 0 bridgehead atoms. The first kappa shape index (κ1) is 25.9. The maximum atomic E-state index is 14.7. The van der Waals surface area contributed by atoms with Gasteiger partial charge in [0.15, 0.2) is 0 Å². The highest BCUT2D eigenvalue weighted by Gasteiger charge is 2.24. The van der Waals surface area contributed by atoms with Gasteiger partial charge in [0.1, 0.15) is 18.0 Å². The Bertz CT molecular complexity index is 1170. The monoisotopic (exact) mass is 530 g/mol. The van der Waals surface area contributed by atoms with E-state index in [-0.39, 0.29) is 22.8 Å². The molecule has 34 heavy (non-hydrogen) atoms. The van der Waals surface area contributed by atoms with Crippen LogP contribution in [-0.2, 0) is 17.8 Å². The van der Waals surface area contributed by atoms with Crippen molar-refractivity contribution in [2.24, 2.45) is 0 Å². The molecule has 1 amide bonds. The number of hydrogen-bond acceptors (Lipinski definition) is 7. The van der Waals surface area contributed by atoms with Crippen molar-refractivity contribution in [2.45, 2.75) is 13.5 Å². The summed E-state index contributed by atoms with van der Waals surface area (Å²) in [5.41, 5.74) is 0.153. The van der Waals surface area contributed by atoms with Gasteiger partial charge in [-0.2, -0.15) is 4.37 Å². The number of carbonyl (C=O) groups excluding carboxylic acids is 1. The highest BCUT2D eigenvalue weighted by atomic mass is 35.5. The first-order chi connectivity index (χ1) is 16.3. The summed E-state index contributed by atoms with van der Waals surface area (Å²) in [6, 6.07) is 6.31. The quantitative estimate of drug-likeness (QED) is 0.220. The Balaban J connectivity index is 1.75. The summed E-state index contributed by atoms with van der Waals surface area (Å²) >= 11 is 4.07. The standard InChI is InChI=1S/C20H21ClF2N6O3S2/c1-2-24-5-6-25-17-8-13(21)3-4-14(17)19(30)26-10-12-7-16(23)18(9-15(12)22)29(34(31)32)20-27-11-28-33-20/h3-4,7-9,11,24-25H,2,5-6,10H2,1H3,(H,26,30)(H,31,32). The predicted octanol–water partition coefficient (Wildman–Crippen LogP) is 3.70. The lowest BCUT2D eigenvalue weighted by Crippen LogP contribution is -2.26. The first-order valence-electron chi connectivity index (χ1n) is 9.99. The van der Waals surface area contributed by atoms with Crippen molar-refractivity contribution >= 4 is 56.8 Å². The van der Waals surface area contributed by atoms with E-state index in [1.54, 1.807) is 12.1 Å². The zero-order valence-corrected chi connectivity index (χ0v) is 20.2. The number of hydrogen-bond donors (Lipinski definition) is 4. The number of amides is 1. The van der Waals surface area contributed by atoms with Crippen molar-refractivity contribution in [1.82, 2.24) is 20.0 Å². The van der Waals surface area contributed by atoms with Gasteiger partial charge >= 0.3 is 0 Å². The number of likely N-dealkylation sites (N-methyl/N-ethyl adjacent to an activating group) is 1. The van der Waals surface area contributed by atoms with Crippen molar-refractivity contribution in [1.29, 1.82) is 0 Å². The lowest BCUT2D eigenvalue weighted by molar-refractivity contribution is 0.0951. The molecule has 1 atom stereocenters. The lowest BCUT2D eigenvalue weighted by atomic mass is 10.1. The Hall–Kier alpha value is -2.71. The van der Waals surface area contributed by atoms with Gasteiger partial charge in [-0.15, -0.1) is 0 Å². The molecule has 1 heterocycles. The number of carbonyl (C=O) groups is 1. The average Bonchev–Trinajstić information content (AvgIpc) is 3.32. The summed E-state index contributed by atoms with van der Waals surface area (Å²) in [5, 5.41) is 9.18. The Labute approximate surface area is 206 Å². The fourth-order valence-corrected chi connectivity index (χ4v) is 4.38. The zero-order chi connectivity index (χ0) is 24.7.